The van der Waals surface area contributed by atoms with Crippen LogP contribution in [0.5, 0.6) is 0 Å². The van der Waals surface area contributed by atoms with Crippen LogP contribution in [0.3, 0.4) is 0 Å². The normalized spacial score (nSPS) is 13.0. The molecular formula is C5H11B. The summed E-state index contributed by atoms with van der Waals surface area (Å²) >= 11 is 0. The van der Waals surface area contributed by atoms with Gasteiger partial charge in [-0.3, -0.25) is 0 Å². The SMILES string of the molecule is C=BC(C)CC. The van der Waals surface area contributed by atoms with Crippen molar-refractivity contribution in [2.75, 3.05) is 0 Å². The molecule has 0 aromatic carbocycles. The molecule has 0 bridgehead atoms. The summed E-state index contributed by atoms with van der Waals surface area (Å²) in [5.41, 5.74) is 0. The molecular weight excluding hydrogens is 70.9 g/mol. The van der Waals surface area contributed by atoms with Crippen LogP contribution in [0.2, 0.25) is 5.82 Å². The molecule has 0 radical (unpaired) electrons. The van der Waals surface area contributed by atoms with E-state index in [0.29, 0.717) is 5.82 Å². The third-order valence-corrected chi connectivity index (χ3v) is 1.05. The molecule has 0 spiro atoms. The molecule has 1 heteroatoms. The van der Waals surface area contributed by atoms with Gasteiger partial charge in [0, 0.05) is 0 Å². The van der Waals surface area contributed by atoms with Gasteiger partial charge < -0.3 is 0 Å². The van der Waals surface area contributed by atoms with Gasteiger partial charge in [0.05, 0.1) is 0 Å². The molecule has 0 aliphatic heterocycles. The zero-order valence-electron chi connectivity index (χ0n) is 4.57. The summed E-state index contributed by atoms with van der Waals surface area (Å²) in [6, 6.07) is 0. The molecule has 0 nitrogen and oxygen atoms in total. The Hall–Kier alpha value is -0.0651. The van der Waals surface area contributed by atoms with Crippen LogP contribution in [0.4, 0.5) is 0 Å². The third-order valence-electron chi connectivity index (χ3n) is 1.05. The van der Waals surface area contributed by atoms with Gasteiger partial charge in [-0.05, 0) is 0 Å². The summed E-state index contributed by atoms with van der Waals surface area (Å²) in [6.07, 6.45) is 1.21. The Bertz CT molecular complexity index is 41.2. The number of hydrogen-bond donors (Lipinski definition) is 0. The molecule has 1 atom stereocenters. The fourth-order valence-corrected chi connectivity index (χ4v) is 0.167. The van der Waals surface area contributed by atoms with Gasteiger partial charge in [-0.1, -0.05) is 0 Å². The van der Waals surface area contributed by atoms with Gasteiger partial charge in [-0.2, -0.15) is 0 Å². The van der Waals surface area contributed by atoms with E-state index in [4.69, 9.17) is 0 Å². The van der Waals surface area contributed by atoms with Crippen molar-refractivity contribution >= 4 is 13.4 Å². The Morgan fingerprint density at radius 2 is 2.33 bits per heavy atom. The first-order valence-corrected chi connectivity index (χ1v) is 2.43. The van der Waals surface area contributed by atoms with E-state index < -0.39 is 0 Å². The Morgan fingerprint density at radius 1 is 1.83 bits per heavy atom. The van der Waals surface area contributed by atoms with Gasteiger partial charge in [-0.25, -0.2) is 0 Å². The molecule has 0 aliphatic carbocycles. The van der Waals surface area contributed by atoms with Crippen LogP contribution >= 0.6 is 0 Å². The summed E-state index contributed by atoms with van der Waals surface area (Å²) in [5.74, 6) is 0.699. The molecule has 6 heavy (non-hydrogen) atoms. The van der Waals surface area contributed by atoms with Crippen molar-refractivity contribution in [2.45, 2.75) is 26.1 Å². The van der Waals surface area contributed by atoms with Crippen molar-refractivity contribution in [1.82, 2.24) is 0 Å². The Labute approximate surface area is 40.5 Å². The van der Waals surface area contributed by atoms with Crippen LogP contribution < -0.4 is 0 Å². The van der Waals surface area contributed by atoms with Gasteiger partial charge in [-0.15, -0.1) is 0 Å². The van der Waals surface area contributed by atoms with E-state index in [9.17, 15) is 0 Å². The first-order valence-electron chi connectivity index (χ1n) is 2.43. The van der Waals surface area contributed by atoms with E-state index in [-0.39, 0.29) is 0 Å². The molecule has 0 fully saturated rings. The van der Waals surface area contributed by atoms with Gasteiger partial charge in [0.15, 0.2) is 0 Å². The average Bonchev–Trinajstić information content (AvgIpc) is 1.65. The maximum absolute atomic E-state index is 3.63. The fourth-order valence-electron chi connectivity index (χ4n) is 0.167. The zero-order valence-corrected chi connectivity index (χ0v) is 4.57. The Kier molecular flexibility index (Phi) is 3.10. The summed E-state index contributed by atoms with van der Waals surface area (Å²) in [5, 5.41) is 0. The summed E-state index contributed by atoms with van der Waals surface area (Å²) in [6.45, 7) is 9.92. The van der Waals surface area contributed by atoms with E-state index in [1.54, 1.807) is 0 Å². The maximum atomic E-state index is 3.63. The van der Waals surface area contributed by atoms with E-state index in [1.165, 1.54) is 6.42 Å². The van der Waals surface area contributed by atoms with Crippen molar-refractivity contribution in [3.05, 3.63) is 0 Å². The zero-order chi connectivity index (χ0) is 4.99. The molecule has 0 heterocycles. The summed E-state index contributed by atoms with van der Waals surface area (Å²) in [7, 11) is 0. The molecule has 0 aromatic heterocycles. The van der Waals surface area contributed by atoms with E-state index in [1.807, 2.05) is 6.92 Å². The van der Waals surface area contributed by atoms with Crippen LogP contribution in [0, 0.1) is 0 Å². The molecule has 34 valence electrons. The predicted molar refractivity (Wildman–Crippen MR) is 32.6 cm³/mol. The molecule has 0 aliphatic rings. The predicted octanol–water partition coefficient (Wildman–Crippen LogP) is 1.34. The van der Waals surface area contributed by atoms with E-state index >= 15 is 0 Å². The van der Waals surface area contributed by atoms with Crippen molar-refractivity contribution in [3.63, 3.8) is 0 Å². The van der Waals surface area contributed by atoms with Crippen molar-refractivity contribution in [3.8, 4) is 0 Å². The second kappa shape index (κ2) is 3.14. The van der Waals surface area contributed by atoms with Gasteiger partial charge >= 0.3 is 39.5 Å². The molecule has 0 saturated heterocycles. The Morgan fingerprint density at radius 3 is 2.33 bits per heavy atom. The number of rotatable bonds is 2. The van der Waals surface area contributed by atoms with Crippen LogP contribution in [0.15, 0.2) is 0 Å². The fraction of sp³-hybridized carbons (Fsp3) is 0.800. The standard InChI is InChI=1S/C5H11B/c1-4-5(2)6-3/h5H,3-4H2,1-2H3. The number of hydrogen-bond acceptors (Lipinski definition) is 0. The van der Waals surface area contributed by atoms with Gasteiger partial charge in [0.2, 0.25) is 0 Å². The van der Waals surface area contributed by atoms with Crippen molar-refractivity contribution < 1.29 is 0 Å². The van der Waals surface area contributed by atoms with Crippen LogP contribution in [0.25, 0.3) is 0 Å². The second-order valence-corrected chi connectivity index (χ2v) is 1.62. The third kappa shape index (κ3) is 2.19. The Balaban J connectivity index is 2.96. The van der Waals surface area contributed by atoms with Crippen LogP contribution in [-0.2, 0) is 0 Å². The molecule has 0 aromatic rings. The average molecular weight is 82.0 g/mol. The minimum absolute atomic E-state index is 0.699. The molecule has 0 N–H and O–H groups in total. The van der Waals surface area contributed by atoms with Gasteiger partial charge in [0.1, 0.15) is 0 Å². The van der Waals surface area contributed by atoms with E-state index in [0.717, 1.165) is 0 Å². The molecule has 0 rings (SSSR count). The first kappa shape index (κ1) is 5.93. The second-order valence-electron chi connectivity index (χ2n) is 1.62. The topological polar surface area (TPSA) is 0 Å². The van der Waals surface area contributed by atoms with Crippen LogP contribution in [0.1, 0.15) is 20.3 Å². The minimum atomic E-state index is 0.699. The first-order chi connectivity index (χ1) is 2.81. The van der Waals surface area contributed by atoms with Gasteiger partial charge in [0.25, 0.3) is 0 Å². The van der Waals surface area contributed by atoms with E-state index in [2.05, 4.69) is 20.3 Å². The summed E-state index contributed by atoms with van der Waals surface area (Å²) in [4.78, 5) is 0. The monoisotopic (exact) mass is 82.1 g/mol. The van der Waals surface area contributed by atoms with Crippen molar-refractivity contribution in [1.29, 1.82) is 0 Å². The van der Waals surface area contributed by atoms with Crippen LogP contribution in [-0.4, -0.2) is 13.4 Å². The quantitative estimate of drug-likeness (QED) is 0.441. The molecule has 1 unspecified atom stereocenters. The van der Waals surface area contributed by atoms with Crippen molar-refractivity contribution in [2.24, 2.45) is 0 Å². The molecule has 0 saturated carbocycles. The summed E-state index contributed by atoms with van der Waals surface area (Å²) < 4.78 is 0. The molecule has 0 amide bonds.